The summed E-state index contributed by atoms with van der Waals surface area (Å²) in [7, 11) is 0. The van der Waals surface area contributed by atoms with E-state index in [1.165, 1.54) is 0 Å². The molecule has 3 rings (SSSR count). The summed E-state index contributed by atoms with van der Waals surface area (Å²) in [6.07, 6.45) is 0. The second kappa shape index (κ2) is 4.10. The maximum Gasteiger partial charge on any atom is 0.278 e. The van der Waals surface area contributed by atoms with E-state index < -0.39 is 11.8 Å². The molecule has 0 saturated carbocycles. The molecule has 0 unspecified atom stereocenters. The van der Waals surface area contributed by atoms with E-state index in [1.807, 2.05) is 30.3 Å². The molecule has 2 aromatic carbocycles. The van der Waals surface area contributed by atoms with Crippen LogP contribution < -0.4 is 5.73 Å². The number of amides is 2. The number of halogens is 1. The minimum atomic E-state index is -0.572. The van der Waals surface area contributed by atoms with Gasteiger partial charge in [0.1, 0.15) is 0 Å². The van der Waals surface area contributed by atoms with Gasteiger partial charge in [0.2, 0.25) is 0 Å². The summed E-state index contributed by atoms with van der Waals surface area (Å²) in [5.74, 6) is -1.11. The Hall–Kier alpha value is -2.33. The second-order valence-electron chi connectivity index (χ2n) is 4.21. The van der Waals surface area contributed by atoms with Crippen molar-refractivity contribution in [1.82, 2.24) is 4.42 Å². The minimum Gasteiger partial charge on any atom is -0.398 e. The molecule has 0 atom stereocenters. The lowest BCUT2D eigenvalue weighted by Crippen LogP contribution is -2.18. The molecule has 0 aromatic heterocycles. The molecule has 2 N–H and O–H groups in total. The maximum absolute atomic E-state index is 11.9. The van der Waals surface area contributed by atoms with Crippen molar-refractivity contribution in [2.24, 2.45) is 0 Å². The molecule has 5 heteroatoms. The van der Waals surface area contributed by atoms with Gasteiger partial charge in [0, 0.05) is 17.3 Å². The molecule has 0 radical (unpaired) electrons. The zero-order chi connectivity index (χ0) is 13.6. The molecule has 2 aromatic rings. The Morgan fingerprint density at radius 1 is 0.895 bits per heavy atom. The number of carbonyl (C=O) groups is 2. The Bertz CT molecular complexity index is 698. The van der Waals surface area contributed by atoms with Crippen LogP contribution in [-0.2, 0) is 0 Å². The quantitative estimate of drug-likeness (QED) is 0.493. The first kappa shape index (κ1) is 11.7. The number of benzene rings is 2. The average molecular weight is 273 g/mol. The van der Waals surface area contributed by atoms with Gasteiger partial charge in [0.05, 0.1) is 16.8 Å². The summed E-state index contributed by atoms with van der Waals surface area (Å²) >= 11 is 5.63. The fourth-order valence-electron chi connectivity index (χ4n) is 2.19. The lowest BCUT2D eigenvalue weighted by Gasteiger charge is -2.08. The van der Waals surface area contributed by atoms with Gasteiger partial charge in [-0.05, 0) is 11.6 Å². The first-order valence-electron chi connectivity index (χ1n) is 5.63. The lowest BCUT2D eigenvalue weighted by molar-refractivity contribution is 0.0767. The summed E-state index contributed by atoms with van der Waals surface area (Å²) in [5.41, 5.74) is 8.34. The average Bonchev–Trinajstić information content (AvgIpc) is 2.66. The van der Waals surface area contributed by atoms with E-state index in [-0.39, 0.29) is 16.8 Å². The highest BCUT2D eigenvalue weighted by Gasteiger charge is 2.37. The third-order valence-electron chi connectivity index (χ3n) is 3.13. The molecule has 0 aliphatic carbocycles. The van der Waals surface area contributed by atoms with Crippen molar-refractivity contribution in [3.63, 3.8) is 0 Å². The van der Waals surface area contributed by atoms with Gasteiger partial charge in [0.25, 0.3) is 11.8 Å². The van der Waals surface area contributed by atoms with Crippen molar-refractivity contribution in [2.75, 3.05) is 5.73 Å². The largest absolute Gasteiger partial charge is 0.398 e. The predicted molar refractivity (Wildman–Crippen MR) is 72.6 cm³/mol. The van der Waals surface area contributed by atoms with Crippen LogP contribution >= 0.6 is 11.8 Å². The van der Waals surface area contributed by atoms with Crippen LogP contribution in [0.25, 0.3) is 11.1 Å². The molecular formula is C14H9ClN2O2. The summed E-state index contributed by atoms with van der Waals surface area (Å²) in [4.78, 5) is 23.6. The van der Waals surface area contributed by atoms with Crippen molar-refractivity contribution in [3.8, 4) is 11.1 Å². The maximum atomic E-state index is 11.9. The molecule has 4 nitrogen and oxygen atoms in total. The Morgan fingerprint density at radius 2 is 1.53 bits per heavy atom. The van der Waals surface area contributed by atoms with E-state index in [9.17, 15) is 9.59 Å². The molecule has 0 saturated heterocycles. The van der Waals surface area contributed by atoms with Crippen LogP contribution in [0.2, 0.25) is 0 Å². The third kappa shape index (κ3) is 1.61. The highest BCUT2D eigenvalue weighted by Crippen LogP contribution is 2.35. The van der Waals surface area contributed by atoms with E-state index in [2.05, 4.69) is 0 Å². The summed E-state index contributed by atoms with van der Waals surface area (Å²) in [6, 6.07) is 12.7. The van der Waals surface area contributed by atoms with E-state index in [0.29, 0.717) is 9.98 Å². The van der Waals surface area contributed by atoms with Gasteiger partial charge < -0.3 is 5.73 Å². The Balaban J connectivity index is 2.24. The molecule has 1 heterocycles. The fraction of sp³-hybridized carbons (Fsp3) is 0. The van der Waals surface area contributed by atoms with Crippen LogP contribution in [0.15, 0.2) is 42.5 Å². The lowest BCUT2D eigenvalue weighted by atomic mass is 9.97. The van der Waals surface area contributed by atoms with Crippen LogP contribution in [0.5, 0.6) is 0 Å². The number of nitrogen functional groups attached to an aromatic ring is 1. The number of fused-ring (bicyclic) bond motifs is 1. The number of hydrogen-bond donors (Lipinski definition) is 1. The summed E-state index contributed by atoms with van der Waals surface area (Å²) < 4.78 is 0.565. The van der Waals surface area contributed by atoms with Crippen LogP contribution in [0.1, 0.15) is 20.7 Å². The number of imide groups is 1. The van der Waals surface area contributed by atoms with Crippen molar-refractivity contribution < 1.29 is 9.59 Å². The van der Waals surface area contributed by atoms with Crippen LogP contribution in [0.4, 0.5) is 5.69 Å². The highest BCUT2D eigenvalue weighted by atomic mass is 35.5. The first-order valence-corrected chi connectivity index (χ1v) is 5.97. The molecule has 94 valence electrons. The Morgan fingerprint density at radius 3 is 2.21 bits per heavy atom. The van der Waals surface area contributed by atoms with Crippen molar-refractivity contribution >= 4 is 29.3 Å². The molecule has 19 heavy (non-hydrogen) atoms. The topological polar surface area (TPSA) is 63.4 Å². The molecule has 0 fully saturated rings. The van der Waals surface area contributed by atoms with Gasteiger partial charge in [-0.15, -0.1) is 0 Å². The Labute approximate surface area is 114 Å². The third-order valence-corrected chi connectivity index (χ3v) is 3.44. The highest BCUT2D eigenvalue weighted by molar-refractivity contribution is 6.40. The SMILES string of the molecule is Nc1c(-c2ccccc2)ccc2c1C(=O)N(Cl)C2=O. The standard InChI is InChI=1S/C14H9ClN2O2/c15-17-13(18)10-7-6-9(8-4-2-1-3-5-8)12(16)11(10)14(17)19/h1-7H,16H2. The van der Waals surface area contributed by atoms with Crippen molar-refractivity contribution in [2.45, 2.75) is 0 Å². The predicted octanol–water partition coefficient (Wildman–Crippen LogP) is 2.69. The van der Waals surface area contributed by atoms with Crippen molar-refractivity contribution in [3.05, 3.63) is 53.6 Å². The number of nitrogens with zero attached hydrogens (tertiary/aromatic N) is 1. The van der Waals surface area contributed by atoms with E-state index in [4.69, 9.17) is 17.5 Å². The molecule has 1 aliphatic heterocycles. The van der Waals surface area contributed by atoms with Gasteiger partial charge in [0.15, 0.2) is 0 Å². The van der Waals surface area contributed by atoms with Gasteiger partial charge in [-0.1, -0.05) is 36.4 Å². The zero-order valence-corrected chi connectivity index (χ0v) is 10.5. The van der Waals surface area contributed by atoms with E-state index in [1.54, 1.807) is 12.1 Å². The normalized spacial score (nSPS) is 13.8. The molecular weight excluding hydrogens is 264 g/mol. The van der Waals surface area contributed by atoms with Gasteiger partial charge in [-0.2, -0.15) is 4.42 Å². The molecule has 0 bridgehead atoms. The monoisotopic (exact) mass is 272 g/mol. The first-order chi connectivity index (χ1) is 9.11. The molecule has 2 amide bonds. The van der Waals surface area contributed by atoms with Gasteiger partial charge in [-0.25, -0.2) is 0 Å². The van der Waals surface area contributed by atoms with E-state index >= 15 is 0 Å². The number of rotatable bonds is 1. The summed E-state index contributed by atoms with van der Waals surface area (Å²) in [6.45, 7) is 0. The number of nitrogens with two attached hydrogens (primary N) is 1. The van der Waals surface area contributed by atoms with Crippen LogP contribution in [-0.4, -0.2) is 16.2 Å². The number of carbonyl (C=O) groups excluding carboxylic acids is 2. The minimum absolute atomic E-state index is 0.182. The summed E-state index contributed by atoms with van der Waals surface area (Å²) in [5, 5.41) is 0. The van der Waals surface area contributed by atoms with Crippen LogP contribution in [0.3, 0.4) is 0 Å². The smallest absolute Gasteiger partial charge is 0.278 e. The Kier molecular flexibility index (Phi) is 2.54. The van der Waals surface area contributed by atoms with Crippen LogP contribution in [0, 0.1) is 0 Å². The second-order valence-corrected chi connectivity index (χ2v) is 4.54. The van der Waals surface area contributed by atoms with Gasteiger partial charge in [-0.3, -0.25) is 9.59 Å². The molecule has 1 aliphatic rings. The number of anilines is 1. The zero-order valence-electron chi connectivity index (χ0n) is 9.76. The fourth-order valence-corrected chi connectivity index (χ4v) is 2.37. The molecule has 0 spiro atoms. The van der Waals surface area contributed by atoms with Gasteiger partial charge >= 0.3 is 0 Å². The number of hydrogen-bond acceptors (Lipinski definition) is 3. The van der Waals surface area contributed by atoms with Crippen molar-refractivity contribution in [1.29, 1.82) is 0 Å². The van der Waals surface area contributed by atoms with E-state index in [0.717, 1.165) is 5.56 Å².